The fraction of sp³-hybridized carbons (Fsp3) is 0.350. The van der Waals surface area contributed by atoms with E-state index in [2.05, 4.69) is 24.1 Å². The summed E-state index contributed by atoms with van der Waals surface area (Å²) in [7, 11) is 0. The van der Waals surface area contributed by atoms with Crippen LogP contribution in [0.2, 0.25) is 0 Å². The minimum atomic E-state index is -0.212. The summed E-state index contributed by atoms with van der Waals surface area (Å²) >= 11 is 0. The van der Waals surface area contributed by atoms with Crippen molar-refractivity contribution in [3.05, 3.63) is 65.5 Å². The molecule has 0 bridgehead atoms. The number of carbonyl (C=O) groups excluding carboxylic acids is 2. The Balaban J connectivity index is 1.47. The molecule has 0 spiro atoms. The second-order valence-corrected chi connectivity index (χ2v) is 6.78. The number of unbranched alkanes of at least 4 members (excludes halogenated alkanes) is 1. The van der Waals surface area contributed by atoms with E-state index in [9.17, 15) is 9.59 Å². The number of hydrogen-bond donors (Lipinski definition) is 1. The first-order chi connectivity index (χ1) is 12.0. The van der Waals surface area contributed by atoms with Gasteiger partial charge in [0.2, 0.25) is 0 Å². The van der Waals surface area contributed by atoms with Crippen molar-refractivity contribution < 1.29 is 9.59 Å². The number of imide groups is 1. The Kier molecular flexibility index (Phi) is 4.95. The van der Waals surface area contributed by atoms with Gasteiger partial charge in [-0.3, -0.25) is 19.5 Å². The number of nitrogens with zero attached hydrogens (tertiary/aromatic N) is 2. The van der Waals surface area contributed by atoms with Crippen LogP contribution in [-0.4, -0.2) is 34.8 Å². The summed E-state index contributed by atoms with van der Waals surface area (Å²) in [6, 6.07) is 12.9. The van der Waals surface area contributed by atoms with Crippen molar-refractivity contribution in [1.29, 1.82) is 0 Å². The summed E-state index contributed by atoms with van der Waals surface area (Å²) in [6.07, 6.45) is 3.45. The molecule has 0 fully saturated rings. The highest BCUT2D eigenvalue weighted by Crippen LogP contribution is 2.22. The number of pyridine rings is 1. The van der Waals surface area contributed by atoms with Crippen LogP contribution in [0, 0.1) is 0 Å². The van der Waals surface area contributed by atoms with Crippen LogP contribution < -0.4 is 5.32 Å². The van der Waals surface area contributed by atoms with E-state index in [0.717, 1.165) is 25.1 Å². The Hall–Kier alpha value is -2.53. The molecular weight excluding hydrogens is 314 g/mol. The normalized spacial score (nSPS) is 14.1. The lowest BCUT2D eigenvalue weighted by molar-refractivity contribution is 0.0651. The average Bonchev–Trinajstić information content (AvgIpc) is 2.87. The zero-order chi connectivity index (χ0) is 17.9. The van der Waals surface area contributed by atoms with E-state index >= 15 is 0 Å². The molecule has 2 heterocycles. The summed E-state index contributed by atoms with van der Waals surface area (Å²) in [5.74, 6) is -0.357. The number of rotatable bonds is 7. The van der Waals surface area contributed by atoms with Crippen molar-refractivity contribution in [2.24, 2.45) is 0 Å². The average molecular weight is 337 g/mol. The van der Waals surface area contributed by atoms with E-state index in [0.29, 0.717) is 17.7 Å². The molecule has 2 amide bonds. The standard InChI is InChI=1S/C20H23N3O2/c1-20(2,17-11-5-6-12-21-17)22-13-7-8-14-23-18(24)15-9-3-4-10-16(15)19(23)25/h3-6,9-12,22H,7-8,13-14H2,1-2H3. The van der Waals surface area contributed by atoms with Gasteiger partial charge in [0.05, 0.1) is 22.4 Å². The maximum absolute atomic E-state index is 12.3. The molecule has 1 aliphatic heterocycles. The van der Waals surface area contributed by atoms with E-state index < -0.39 is 0 Å². The van der Waals surface area contributed by atoms with Gasteiger partial charge in [-0.1, -0.05) is 18.2 Å². The lowest BCUT2D eigenvalue weighted by Gasteiger charge is -2.26. The Morgan fingerprint density at radius 1 is 0.960 bits per heavy atom. The van der Waals surface area contributed by atoms with E-state index in [1.54, 1.807) is 30.5 Å². The van der Waals surface area contributed by atoms with Crippen molar-refractivity contribution in [2.75, 3.05) is 13.1 Å². The molecule has 2 aromatic rings. The third-order valence-corrected chi connectivity index (χ3v) is 4.56. The number of nitrogens with one attached hydrogen (secondary N) is 1. The van der Waals surface area contributed by atoms with E-state index in [4.69, 9.17) is 0 Å². The number of fused-ring (bicyclic) bond motifs is 1. The molecule has 25 heavy (non-hydrogen) atoms. The molecule has 0 saturated carbocycles. The molecule has 0 saturated heterocycles. The molecule has 5 nitrogen and oxygen atoms in total. The van der Waals surface area contributed by atoms with Gasteiger partial charge < -0.3 is 5.32 Å². The van der Waals surface area contributed by atoms with Crippen molar-refractivity contribution in [1.82, 2.24) is 15.2 Å². The fourth-order valence-electron chi connectivity index (χ4n) is 3.06. The molecule has 0 unspecified atom stereocenters. The van der Waals surface area contributed by atoms with Crippen LogP contribution in [0.3, 0.4) is 0 Å². The summed E-state index contributed by atoms with van der Waals surface area (Å²) in [5.41, 5.74) is 1.82. The maximum Gasteiger partial charge on any atom is 0.261 e. The first-order valence-corrected chi connectivity index (χ1v) is 8.62. The van der Waals surface area contributed by atoms with Gasteiger partial charge in [-0.15, -0.1) is 0 Å². The predicted molar refractivity (Wildman–Crippen MR) is 96.3 cm³/mol. The van der Waals surface area contributed by atoms with E-state index in [1.165, 1.54) is 4.90 Å². The smallest absolute Gasteiger partial charge is 0.261 e. The zero-order valence-corrected chi connectivity index (χ0v) is 14.7. The van der Waals surface area contributed by atoms with Crippen LogP contribution >= 0.6 is 0 Å². The molecule has 3 rings (SSSR count). The molecule has 0 atom stereocenters. The Bertz CT molecular complexity index is 737. The molecule has 0 radical (unpaired) electrons. The van der Waals surface area contributed by atoms with Crippen LogP contribution in [-0.2, 0) is 5.54 Å². The van der Waals surface area contributed by atoms with Gasteiger partial charge in [0.1, 0.15) is 0 Å². The van der Waals surface area contributed by atoms with Gasteiger partial charge in [0.25, 0.3) is 11.8 Å². The summed E-state index contributed by atoms with van der Waals surface area (Å²) < 4.78 is 0. The van der Waals surface area contributed by atoms with Crippen molar-refractivity contribution in [2.45, 2.75) is 32.2 Å². The van der Waals surface area contributed by atoms with Gasteiger partial charge in [-0.25, -0.2) is 0 Å². The lowest BCUT2D eigenvalue weighted by Crippen LogP contribution is -2.38. The van der Waals surface area contributed by atoms with Crippen molar-refractivity contribution >= 4 is 11.8 Å². The third kappa shape index (κ3) is 3.61. The monoisotopic (exact) mass is 337 g/mol. The number of aromatic nitrogens is 1. The lowest BCUT2D eigenvalue weighted by atomic mass is 9.99. The zero-order valence-electron chi connectivity index (χ0n) is 14.7. The summed E-state index contributed by atoms with van der Waals surface area (Å²) in [6.45, 7) is 5.45. The van der Waals surface area contributed by atoms with Crippen molar-refractivity contribution in [3.8, 4) is 0 Å². The van der Waals surface area contributed by atoms with Gasteiger partial charge >= 0.3 is 0 Å². The first kappa shape index (κ1) is 17.3. The van der Waals surface area contributed by atoms with E-state index in [-0.39, 0.29) is 17.4 Å². The van der Waals surface area contributed by atoms with Crippen LogP contribution in [0.1, 0.15) is 53.1 Å². The number of amides is 2. The second kappa shape index (κ2) is 7.15. The molecule has 1 N–H and O–H groups in total. The second-order valence-electron chi connectivity index (χ2n) is 6.78. The van der Waals surface area contributed by atoms with Gasteiger partial charge in [-0.05, 0) is 57.5 Å². The van der Waals surface area contributed by atoms with Gasteiger partial charge in [0.15, 0.2) is 0 Å². The molecule has 1 aromatic carbocycles. The molecule has 130 valence electrons. The van der Waals surface area contributed by atoms with Crippen LogP contribution in [0.4, 0.5) is 0 Å². The Labute approximate surface area is 148 Å². The number of hydrogen-bond acceptors (Lipinski definition) is 4. The highest BCUT2D eigenvalue weighted by atomic mass is 16.2. The van der Waals surface area contributed by atoms with E-state index in [1.807, 2.05) is 18.2 Å². The molecule has 0 aliphatic carbocycles. The highest BCUT2D eigenvalue weighted by Gasteiger charge is 2.34. The van der Waals surface area contributed by atoms with Crippen molar-refractivity contribution in [3.63, 3.8) is 0 Å². The number of benzene rings is 1. The predicted octanol–water partition coefficient (Wildman–Crippen LogP) is 2.98. The highest BCUT2D eigenvalue weighted by molar-refractivity contribution is 6.21. The minimum absolute atomic E-state index is 0.178. The molecule has 1 aromatic heterocycles. The van der Waals surface area contributed by atoms with Gasteiger partial charge in [-0.2, -0.15) is 0 Å². The Morgan fingerprint density at radius 2 is 1.60 bits per heavy atom. The maximum atomic E-state index is 12.3. The summed E-state index contributed by atoms with van der Waals surface area (Å²) in [5, 5.41) is 3.49. The quantitative estimate of drug-likeness (QED) is 0.623. The number of carbonyl (C=O) groups is 2. The first-order valence-electron chi connectivity index (χ1n) is 8.62. The van der Waals surface area contributed by atoms with Crippen LogP contribution in [0.15, 0.2) is 48.7 Å². The Morgan fingerprint density at radius 3 is 2.20 bits per heavy atom. The van der Waals surface area contributed by atoms with Gasteiger partial charge in [0, 0.05) is 12.7 Å². The topological polar surface area (TPSA) is 62.3 Å². The molecule has 5 heteroatoms. The third-order valence-electron chi connectivity index (χ3n) is 4.56. The van der Waals surface area contributed by atoms with Crippen LogP contribution in [0.25, 0.3) is 0 Å². The fourth-order valence-corrected chi connectivity index (χ4v) is 3.06. The SMILES string of the molecule is CC(C)(NCCCCN1C(=O)c2ccccc2C1=O)c1ccccn1. The molecule has 1 aliphatic rings. The minimum Gasteiger partial charge on any atom is -0.307 e. The van der Waals surface area contributed by atoms with Crippen LogP contribution in [0.5, 0.6) is 0 Å². The summed E-state index contributed by atoms with van der Waals surface area (Å²) in [4.78, 5) is 30.3. The molecular formula is C20H23N3O2. The largest absolute Gasteiger partial charge is 0.307 e.